The van der Waals surface area contributed by atoms with E-state index in [1.807, 2.05) is 17.5 Å². The van der Waals surface area contributed by atoms with E-state index in [2.05, 4.69) is 28.9 Å². The lowest BCUT2D eigenvalue weighted by Gasteiger charge is -2.21. The second-order valence-corrected chi connectivity index (χ2v) is 5.91. The Hall–Kier alpha value is -0.620. The summed E-state index contributed by atoms with van der Waals surface area (Å²) in [6, 6.07) is 5.81. The molecule has 0 aliphatic carbocycles. The van der Waals surface area contributed by atoms with E-state index in [0.29, 0.717) is 6.61 Å². The van der Waals surface area contributed by atoms with Crippen LogP contribution in [0.25, 0.3) is 0 Å². The van der Waals surface area contributed by atoms with Gasteiger partial charge in [0.2, 0.25) is 0 Å². The highest BCUT2D eigenvalue weighted by Gasteiger charge is 2.21. The van der Waals surface area contributed by atoms with Crippen molar-refractivity contribution in [1.29, 1.82) is 0 Å². The van der Waals surface area contributed by atoms with Crippen LogP contribution in [0.1, 0.15) is 30.1 Å². The number of furan rings is 1. The van der Waals surface area contributed by atoms with Crippen molar-refractivity contribution < 1.29 is 9.15 Å². The zero-order chi connectivity index (χ0) is 13.0. The van der Waals surface area contributed by atoms with Crippen molar-refractivity contribution in [3.63, 3.8) is 0 Å². The highest BCUT2D eigenvalue weighted by atomic mass is 79.9. The van der Waals surface area contributed by atoms with E-state index in [-0.39, 0.29) is 12.1 Å². The molecular weight excluding hydrogens is 314 g/mol. The van der Waals surface area contributed by atoms with Crippen LogP contribution in [0.3, 0.4) is 0 Å². The van der Waals surface area contributed by atoms with E-state index in [1.54, 1.807) is 17.6 Å². The monoisotopic (exact) mass is 329 g/mol. The van der Waals surface area contributed by atoms with Gasteiger partial charge >= 0.3 is 0 Å². The molecule has 0 saturated carbocycles. The maximum absolute atomic E-state index is 6.13. The molecular formula is C13H16BrNO2S. The number of hydrogen-bond acceptors (Lipinski definition) is 4. The summed E-state index contributed by atoms with van der Waals surface area (Å²) in [6.45, 7) is 2.51. The van der Waals surface area contributed by atoms with Gasteiger partial charge in [0, 0.05) is 20.8 Å². The largest absolute Gasteiger partial charge is 0.467 e. The highest BCUT2D eigenvalue weighted by molar-refractivity contribution is 9.10. The Kier molecular flexibility index (Phi) is 5.00. The third-order valence-electron chi connectivity index (χ3n) is 2.71. The fraction of sp³-hybridized carbons (Fsp3) is 0.385. The van der Waals surface area contributed by atoms with Crippen LogP contribution < -0.4 is 5.73 Å². The third-order valence-corrected chi connectivity index (χ3v) is 4.47. The Balaban J connectivity index is 2.05. The van der Waals surface area contributed by atoms with Gasteiger partial charge in [-0.25, -0.2) is 0 Å². The van der Waals surface area contributed by atoms with E-state index in [4.69, 9.17) is 14.9 Å². The molecule has 0 bridgehead atoms. The lowest BCUT2D eigenvalue weighted by molar-refractivity contribution is 0.0149. The molecule has 2 atom stereocenters. The Morgan fingerprint density at radius 1 is 1.56 bits per heavy atom. The van der Waals surface area contributed by atoms with Gasteiger partial charge in [-0.2, -0.15) is 0 Å². The summed E-state index contributed by atoms with van der Waals surface area (Å²) in [4.78, 5) is 1.14. The fourth-order valence-electron chi connectivity index (χ4n) is 1.67. The van der Waals surface area contributed by atoms with Crippen LogP contribution in [0.4, 0.5) is 0 Å². The maximum atomic E-state index is 6.13. The number of ether oxygens (including phenoxy) is 1. The molecule has 0 fully saturated rings. The first-order chi connectivity index (χ1) is 8.70. The minimum atomic E-state index is -0.0867. The molecule has 2 unspecified atom stereocenters. The lowest BCUT2D eigenvalue weighted by atomic mass is 10.1. The molecule has 2 heterocycles. The number of thiophene rings is 1. The van der Waals surface area contributed by atoms with Crippen LogP contribution >= 0.6 is 27.3 Å². The second-order valence-electron chi connectivity index (χ2n) is 4.05. The Labute approximate surface area is 119 Å². The summed E-state index contributed by atoms with van der Waals surface area (Å²) in [6.07, 6.45) is 2.43. The first kappa shape index (κ1) is 13.8. The summed E-state index contributed by atoms with van der Waals surface area (Å²) in [5.74, 6) is 0.818. The van der Waals surface area contributed by atoms with Crippen molar-refractivity contribution in [2.24, 2.45) is 5.73 Å². The van der Waals surface area contributed by atoms with Gasteiger partial charge in [0.1, 0.15) is 18.5 Å². The van der Waals surface area contributed by atoms with Gasteiger partial charge in [0.15, 0.2) is 0 Å². The number of rotatable bonds is 6. The van der Waals surface area contributed by atoms with Crippen molar-refractivity contribution in [3.8, 4) is 0 Å². The lowest BCUT2D eigenvalue weighted by Crippen LogP contribution is -2.28. The molecule has 0 aliphatic heterocycles. The minimum absolute atomic E-state index is 0.00878. The zero-order valence-electron chi connectivity index (χ0n) is 10.1. The van der Waals surface area contributed by atoms with Crippen molar-refractivity contribution in [3.05, 3.63) is 45.0 Å². The smallest absolute Gasteiger partial charge is 0.129 e. The first-order valence-electron chi connectivity index (χ1n) is 5.84. The molecule has 98 valence electrons. The summed E-state index contributed by atoms with van der Waals surface area (Å²) in [5.41, 5.74) is 6.13. The van der Waals surface area contributed by atoms with Gasteiger partial charge in [-0.3, -0.25) is 0 Å². The van der Waals surface area contributed by atoms with E-state index >= 15 is 0 Å². The van der Waals surface area contributed by atoms with Gasteiger partial charge in [0.05, 0.1) is 6.26 Å². The molecule has 3 nitrogen and oxygen atoms in total. The Morgan fingerprint density at radius 2 is 2.39 bits per heavy atom. The molecule has 2 aromatic heterocycles. The van der Waals surface area contributed by atoms with Crippen molar-refractivity contribution in [1.82, 2.24) is 0 Å². The van der Waals surface area contributed by atoms with Crippen molar-refractivity contribution >= 4 is 27.3 Å². The van der Waals surface area contributed by atoms with Crippen LogP contribution in [0.5, 0.6) is 0 Å². The van der Waals surface area contributed by atoms with Crippen molar-refractivity contribution in [2.45, 2.75) is 32.1 Å². The molecule has 0 amide bonds. The van der Waals surface area contributed by atoms with Gasteiger partial charge < -0.3 is 14.9 Å². The summed E-state index contributed by atoms with van der Waals surface area (Å²) < 4.78 is 12.2. The van der Waals surface area contributed by atoms with E-state index in [9.17, 15) is 0 Å². The molecule has 0 saturated heterocycles. The number of nitrogens with two attached hydrogens (primary N) is 1. The Bertz CT molecular complexity index is 469. The SMILES string of the molecule is CCC(N)C(OCc1ccco1)c1cc(Br)cs1. The quantitative estimate of drug-likeness (QED) is 0.867. The van der Waals surface area contributed by atoms with Crippen LogP contribution in [-0.2, 0) is 11.3 Å². The van der Waals surface area contributed by atoms with Gasteiger partial charge in [-0.15, -0.1) is 11.3 Å². The summed E-state index contributed by atoms with van der Waals surface area (Å²) >= 11 is 5.11. The van der Waals surface area contributed by atoms with E-state index in [1.165, 1.54) is 0 Å². The average Bonchev–Trinajstić information content (AvgIpc) is 3.01. The molecule has 0 spiro atoms. The second kappa shape index (κ2) is 6.52. The van der Waals surface area contributed by atoms with Gasteiger partial charge in [-0.05, 0) is 40.5 Å². The summed E-state index contributed by atoms with van der Waals surface area (Å²) in [7, 11) is 0. The minimum Gasteiger partial charge on any atom is -0.467 e. The fourth-order valence-corrected chi connectivity index (χ4v) is 3.24. The average molecular weight is 330 g/mol. The molecule has 18 heavy (non-hydrogen) atoms. The standard InChI is InChI=1S/C13H16BrNO2S/c1-2-11(15)13(12-6-9(14)8-18-12)17-7-10-4-3-5-16-10/h3-6,8,11,13H,2,7,15H2,1H3. The van der Waals surface area contributed by atoms with E-state index < -0.39 is 0 Å². The predicted octanol–water partition coefficient (Wildman–Crippen LogP) is 4.10. The van der Waals surface area contributed by atoms with Gasteiger partial charge in [0.25, 0.3) is 0 Å². The zero-order valence-corrected chi connectivity index (χ0v) is 12.5. The predicted molar refractivity (Wildman–Crippen MR) is 76.5 cm³/mol. The molecule has 0 aromatic carbocycles. The van der Waals surface area contributed by atoms with Crippen LogP contribution in [-0.4, -0.2) is 6.04 Å². The van der Waals surface area contributed by atoms with Crippen LogP contribution in [0, 0.1) is 0 Å². The topological polar surface area (TPSA) is 48.4 Å². The molecule has 2 aromatic rings. The first-order valence-corrected chi connectivity index (χ1v) is 7.51. The molecule has 0 radical (unpaired) electrons. The Morgan fingerprint density at radius 3 is 2.94 bits per heavy atom. The molecule has 2 rings (SSSR count). The third kappa shape index (κ3) is 3.45. The van der Waals surface area contributed by atoms with Crippen LogP contribution in [0.2, 0.25) is 0 Å². The number of hydrogen-bond donors (Lipinski definition) is 1. The normalized spacial score (nSPS) is 14.6. The van der Waals surface area contributed by atoms with Gasteiger partial charge in [-0.1, -0.05) is 6.92 Å². The van der Waals surface area contributed by atoms with Crippen LogP contribution in [0.15, 0.2) is 38.7 Å². The van der Waals surface area contributed by atoms with E-state index in [0.717, 1.165) is 21.5 Å². The molecule has 0 aliphatic rings. The summed E-state index contributed by atoms with van der Waals surface area (Å²) in [5, 5.41) is 2.04. The highest BCUT2D eigenvalue weighted by Crippen LogP contribution is 2.31. The molecule has 2 N–H and O–H groups in total. The molecule has 5 heteroatoms. The number of halogens is 1. The van der Waals surface area contributed by atoms with Crippen molar-refractivity contribution in [2.75, 3.05) is 0 Å². The maximum Gasteiger partial charge on any atom is 0.129 e.